The molecule has 0 radical (unpaired) electrons. The number of aromatic nitrogens is 2. The molecule has 2 aliphatic heterocycles. The Morgan fingerprint density at radius 1 is 1.04 bits per heavy atom. The fraction of sp³-hybridized carbons (Fsp3) is 0.484. The highest BCUT2D eigenvalue weighted by Gasteiger charge is 2.40. The summed E-state index contributed by atoms with van der Waals surface area (Å²) in [6.07, 6.45) is 2.66. The van der Waals surface area contributed by atoms with E-state index in [1.807, 2.05) is 13.8 Å². The van der Waals surface area contributed by atoms with Crippen molar-refractivity contribution in [3.05, 3.63) is 40.7 Å². The van der Waals surface area contributed by atoms with Crippen molar-refractivity contribution < 1.29 is 28.7 Å². The van der Waals surface area contributed by atoms with Gasteiger partial charge in [0.15, 0.2) is 35.0 Å². The maximum absolute atomic E-state index is 13.3. The van der Waals surface area contributed by atoms with Crippen molar-refractivity contribution >= 4 is 64.6 Å². The van der Waals surface area contributed by atoms with Gasteiger partial charge >= 0.3 is 12.0 Å². The summed E-state index contributed by atoms with van der Waals surface area (Å²) in [7, 11) is 0. The number of hydrogen-bond acceptors (Lipinski definition) is 12. The number of nitrogens with two attached hydrogens (primary N) is 2. The Labute approximate surface area is 288 Å². The lowest BCUT2D eigenvalue weighted by atomic mass is 9.88. The third-order valence-corrected chi connectivity index (χ3v) is 8.24. The molecule has 1 aromatic carbocycles. The number of piperidine rings is 1. The number of nitrogens with zero attached hydrogens (tertiary/aromatic N) is 5. The van der Waals surface area contributed by atoms with Gasteiger partial charge in [-0.15, -0.1) is 0 Å². The van der Waals surface area contributed by atoms with Crippen LogP contribution in [0.3, 0.4) is 0 Å². The maximum atomic E-state index is 13.3. The lowest BCUT2D eigenvalue weighted by Crippen LogP contribution is -2.57. The molecule has 1 spiro atoms. The third kappa shape index (κ3) is 9.91. The molecule has 0 atom stereocenters. The second-order valence-electron chi connectivity index (χ2n) is 11.7. The number of likely N-dealkylation sites (tertiary alicyclic amines) is 1. The van der Waals surface area contributed by atoms with Crippen LogP contribution in [-0.2, 0) is 14.3 Å². The van der Waals surface area contributed by atoms with Crippen molar-refractivity contribution in [2.45, 2.75) is 51.5 Å². The van der Waals surface area contributed by atoms with Gasteiger partial charge in [-0.25, -0.2) is 14.8 Å². The minimum absolute atomic E-state index is 0.00166. The number of urea groups is 1. The number of ether oxygens (including phenoxy) is 1. The minimum Gasteiger partial charge on any atom is -0.456 e. The van der Waals surface area contributed by atoms with Crippen LogP contribution in [0.2, 0.25) is 5.15 Å². The van der Waals surface area contributed by atoms with Crippen LogP contribution in [0.15, 0.2) is 29.3 Å². The highest BCUT2D eigenvalue weighted by atomic mass is 35.5. The van der Waals surface area contributed by atoms with Gasteiger partial charge in [-0.1, -0.05) is 31.5 Å². The smallest absolute Gasteiger partial charge is 0.319 e. The SMILES string of the molecule is CCCN(CCC)C(=O)COC(=O)CCNC(=O)Nc1cccc(C(=O)N2CCC3(CC2)CN=C(NC(=O)c2nc(Cl)c(N)nc2N)N3)c1. The van der Waals surface area contributed by atoms with E-state index in [0.717, 1.165) is 12.8 Å². The number of halogens is 1. The zero-order valence-electron chi connectivity index (χ0n) is 27.5. The molecular formula is C31H42ClN11O6. The van der Waals surface area contributed by atoms with Gasteiger partial charge in [-0.05, 0) is 43.9 Å². The number of carbonyl (C=O) groups is 5. The summed E-state index contributed by atoms with van der Waals surface area (Å²) >= 11 is 5.88. The van der Waals surface area contributed by atoms with Gasteiger partial charge in [-0.3, -0.25) is 29.5 Å². The summed E-state index contributed by atoms with van der Waals surface area (Å²) in [5, 5.41) is 11.0. The minimum atomic E-state index is -0.641. The van der Waals surface area contributed by atoms with Crippen molar-refractivity contribution in [3.63, 3.8) is 0 Å². The summed E-state index contributed by atoms with van der Waals surface area (Å²) in [6.45, 7) is 6.08. The quantitative estimate of drug-likeness (QED) is 0.173. The lowest BCUT2D eigenvalue weighted by Gasteiger charge is -2.39. The molecule has 17 nitrogen and oxygen atoms in total. The molecule has 5 amide bonds. The van der Waals surface area contributed by atoms with Gasteiger partial charge in [0.1, 0.15) is 0 Å². The van der Waals surface area contributed by atoms with Crippen LogP contribution in [0.25, 0.3) is 0 Å². The molecule has 1 fully saturated rings. The fourth-order valence-corrected chi connectivity index (χ4v) is 5.53. The normalized spacial score (nSPS) is 14.8. The van der Waals surface area contributed by atoms with Gasteiger partial charge in [0, 0.05) is 44.0 Å². The average Bonchev–Trinajstić information content (AvgIpc) is 3.46. The van der Waals surface area contributed by atoms with Gasteiger partial charge in [-0.2, -0.15) is 0 Å². The fourth-order valence-electron chi connectivity index (χ4n) is 5.40. The van der Waals surface area contributed by atoms with Gasteiger partial charge in [0.05, 0.1) is 18.5 Å². The van der Waals surface area contributed by atoms with Crippen LogP contribution in [0, 0.1) is 0 Å². The highest BCUT2D eigenvalue weighted by molar-refractivity contribution is 6.31. The molecule has 0 unspecified atom stereocenters. The summed E-state index contributed by atoms with van der Waals surface area (Å²) in [5.74, 6) is -1.68. The summed E-state index contributed by atoms with van der Waals surface area (Å²) in [4.78, 5) is 78.3. The molecule has 0 aliphatic carbocycles. The number of benzene rings is 1. The molecule has 1 saturated heterocycles. The van der Waals surface area contributed by atoms with E-state index in [0.29, 0.717) is 56.8 Å². The van der Waals surface area contributed by atoms with E-state index in [-0.39, 0.29) is 59.8 Å². The molecule has 264 valence electrons. The largest absolute Gasteiger partial charge is 0.456 e. The molecule has 49 heavy (non-hydrogen) atoms. The molecule has 0 bridgehead atoms. The number of hydrogen-bond donors (Lipinski definition) is 6. The maximum Gasteiger partial charge on any atom is 0.319 e. The zero-order chi connectivity index (χ0) is 35.6. The zero-order valence-corrected chi connectivity index (χ0v) is 28.3. The van der Waals surface area contributed by atoms with E-state index in [9.17, 15) is 24.0 Å². The van der Waals surface area contributed by atoms with E-state index >= 15 is 0 Å². The molecule has 2 aromatic rings. The number of nitrogen functional groups attached to an aromatic ring is 2. The second kappa shape index (κ2) is 16.8. The monoisotopic (exact) mass is 699 g/mol. The topological polar surface area (TPSA) is 239 Å². The number of esters is 1. The highest BCUT2D eigenvalue weighted by Crippen LogP contribution is 2.27. The van der Waals surface area contributed by atoms with Gasteiger partial charge in [0.2, 0.25) is 0 Å². The predicted octanol–water partition coefficient (Wildman–Crippen LogP) is 1.36. The Hall–Kier alpha value is -5.19. The van der Waals surface area contributed by atoms with Crippen molar-refractivity contribution in [2.75, 3.05) is 62.7 Å². The molecule has 0 saturated carbocycles. The number of rotatable bonds is 12. The van der Waals surface area contributed by atoms with Crippen molar-refractivity contribution in [3.8, 4) is 0 Å². The standard InChI is InChI=1S/C31H42ClN11O6/c1-3-12-42(13-4-2)21(44)17-49-22(45)8-11-35-30(48)37-20-7-5-6-19(16-20)28(47)43-14-9-31(10-15-43)18-36-29(41-31)40-27(46)23-25(33)39-26(34)24(32)38-23/h5-7,16H,3-4,8-15,17-18H2,1-2H3,(H4,33,34,39)(H2,35,37,48)(H2,36,40,41,46). The van der Waals surface area contributed by atoms with Crippen LogP contribution in [0.5, 0.6) is 0 Å². The molecule has 18 heteroatoms. The third-order valence-electron chi connectivity index (χ3n) is 7.96. The number of anilines is 3. The Balaban J connectivity index is 1.19. The molecule has 2 aliphatic rings. The number of carbonyl (C=O) groups excluding carboxylic acids is 5. The summed E-state index contributed by atoms with van der Waals surface area (Å²) in [5.41, 5.74) is 11.5. The van der Waals surface area contributed by atoms with Crippen LogP contribution in [-0.4, -0.2) is 107 Å². The first-order valence-corrected chi connectivity index (χ1v) is 16.4. The predicted molar refractivity (Wildman–Crippen MR) is 183 cm³/mol. The number of aliphatic imine (C=N–C) groups is 1. The number of amides is 5. The second-order valence-corrected chi connectivity index (χ2v) is 12.1. The van der Waals surface area contributed by atoms with Crippen LogP contribution < -0.4 is 32.7 Å². The van der Waals surface area contributed by atoms with E-state index in [4.69, 9.17) is 27.8 Å². The molecular weight excluding hydrogens is 658 g/mol. The Kier molecular flexibility index (Phi) is 12.5. The molecule has 1 aromatic heterocycles. The van der Waals surface area contributed by atoms with Crippen molar-refractivity contribution in [1.82, 2.24) is 35.7 Å². The van der Waals surface area contributed by atoms with E-state index < -0.39 is 23.4 Å². The summed E-state index contributed by atoms with van der Waals surface area (Å²) in [6, 6.07) is 5.99. The van der Waals surface area contributed by atoms with Crippen LogP contribution >= 0.6 is 11.6 Å². The number of guanidine groups is 1. The lowest BCUT2D eigenvalue weighted by molar-refractivity contribution is -0.152. The van der Waals surface area contributed by atoms with Crippen LogP contribution in [0.4, 0.5) is 22.1 Å². The van der Waals surface area contributed by atoms with Crippen molar-refractivity contribution in [2.24, 2.45) is 4.99 Å². The Morgan fingerprint density at radius 2 is 1.76 bits per heavy atom. The Morgan fingerprint density at radius 3 is 2.45 bits per heavy atom. The van der Waals surface area contributed by atoms with Gasteiger partial charge < -0.3 is 42.0 Å². The summed E-state index contributed by atoms with van der Waals surface area (Å²) < 4.78 is 5.07. The Bertz CT molecular complexity index is 1590. The molecule has 4 rings (SSSR count). The van der Waals surface area contributed by atoms with Crippen LogP contribution in [0.1, 0.15) is 66.8 Å². The molecule has 3 heterocycles. The van der Waals surface area contributed by atoms with E-state index in [2.05, 4.69) is 36.2 Å². The van der Waals surface area contributed by atoms with E-state index in [1.165, 1.54) is 0 Å². The van der Waals surface area contributed by atoms with E-state index in [1.54, 1.807) is 34.1 Å². The van der Waals surface area contributed by atoms with Gasteiger partial charge in [0.25, 0.3) is 17.7 Å². The molecule has 8 N–H and O–H groups in total. The first-order chi connectivity index (χ1) is 23.4. The first-order valence-electron chi connectivity index (χ1n) is 16.0. The number of nitrogens with one attached hydrogen (secondary N) is 4. The van der Waals surface area contributed by atoms with Crippen molar-refractivity contribution in [1.29, 1.82) is 0 Å². The first kappa shape index (κ1) is 36.6. The average molecular weight is 700 g/mol.